The fourth-order valence-corrected chi connectivity index (χ4v) is 2.41. The van der Waals surface area contributed by atoms with Gasteiger partial charge in [0.1, 0.15) is 5.82 Å². The normalized spacial score (nSPS) is 22.9. The molecule has 2 atom stereocenters. The third-order valence-electron chi connectivity index (χ3n) is 3.37. The minimum Gasteiger partial charge on any atom is -0.373 e. The molecule has 1 aliphatic heterocycles. The lowest BCUT2D eigenvalue weighted by Gasteiger charge is -2.30. The fraction of sp³-hybridized carbons (Fsp3) is 0.333. The molecule has 4 heteroatoms. The summed E-state index contributed by atoms with van der Waals surface area (Å²) in [5.41, 5.74) is 1.24. The average molecular weight is 255 g/mol. The predicted octanol–water partition coefficient (Wildman–Crippen LogP) is 2.81. The minimum atomic E-state index is 0.170. The molecule has 0 saturated carbocycles. The lowest BCUT2D eigenvalue weighted by molar-refractivity contribution is 0.00974. The summed E-state index contributed by atoms with van der Waals surface area (Å²) < 4.78 is 5.86. The highest BCUT2D eigenvalue weighted by atomic mass is 16.5. The monoisotopic (exact) mass is 255 g/mol. The van der Waals surface area contributed by atoms with Gasteiger partial charge in [-0.2, -0.15) is 0 Å². The van der Waals surface area contributed by atoms with Gasteiger partial charge in [0.05, 0.1) is 12.3 Å². The SMILES string of the molecule is c1ccc(C2CC(Nc3cnccn3)CCO2)cc1. The van der Waals surface area contributed by atoms with Gasteiger partial charge < -0.3 is 10.1 Å². The van der Waals surface area contributed by atoms with Crippen molar-refractivity contribution < 1.29 is 4.74 Å². The van der Waals surface area contributed by atoms with Gasteiger partial charge in [0, 0.05) is 25.0 Å². The highest BCUT2D eigenvalue weighted by Gasteiger charge is 2.23. The van der Waals surface area contributed by atoms with Crippen LogP contribution < -0.4 is 5.32 Å². The highest BCUT2D eigenvalue weighted by Crippen LogP contribution is 2.29. The number of nitrogens with one attached hydrogen (secondary N) is 1. The average Bonchev–Trinajstić information content (AvgIpc) is 2.49. The highest BCUT2D eigenvalue weighted by molar-refractivity contribution is 5.32. The summed E-state index contributed by atoms with van der Waals surface area (Å²) >= 11 is 0. The molecule has 2 heterocycles. The lowest BCUT2D eigenvalue weighted by Crippen LogP contribution is -2.30. The third-order valence-corrected chi connectivity index (χ3v) is 3.37. The van der Waals surface area contributed by atoms with Crippen LogP contribution in [0.1, 0.15) is 24.5 Å². The van der Waals surface area contributed by atoms with E-state index in [1.807, 2.05) is 6.07 Å². The second kappa shape index (κ2) is 5.80. The van der Waals surface area contributed by atoms with E-state index in [4.69, 9.17) is 4.74 Å². The molecule has 1 aliphatic rings. The standard InChI is InChI=1S/C15H17N3O/c1-2-4-12(5-3-1)14-10-13(6-9-19-14)18-15-11-16-7-8-17-15/h1-5,7-8,11,13-14H,6,9-10H2,(H,17,18). The van der Waals surface area contributed by atoms with Gasteiger partial charge in [-0.15, -0.1) is 0 Å². The number of aromatic nitrogens is 2. The van der Waals surface area contributed by atoms with E-state index in [1.165, 1.54) is 5.56 Å². The number of benzene rings is 1. The van der Waals surface area contributed by atoms with Crippen LogP contribution in [-0.2, 0) is 4.74 Å². The third kappa shape index (κ3) is 3.09. The number of rotatable bonds is 3. The molecule has 98 valence electrons. The molecule has 1 N–H and O–H groups in total. The molecule has 4 nitrogen and oxygen atoms in total. The number of ether oxygens (including phenoxy) is 1. The van der Waals surface area contributed by atoms with Crippen LogP contribution in [0.15, 0.2) is 48.9 Å². The molecule has 0 radical (unpaired) electrons. The van der Waals surface area contributed by atoms with Crippen molar-refractivity contribution in [1.29, 1.82) is 0 Å². The molecule has 0 amide bonds. The molecule has 3 rings (SSSR count). The van der Waals surface area contributed by atoms with Gasteiger partial charge in [0.15, 0.2) is 0 Å². The van der Waals surface area contributed by atoms with Crippen molar-refractivity contribution >= 4 is 5.82 Å². The fourth-order valence-electron chi connectivity index (χ4n) is 2.41. The van der Waals surface area contributed by atoms with E-state index in [1.54, 1.807) is 18.6 Å². The van der Waals surface area contributed by atoms with Crippen LogP contribution in [0.3, 0.4) is 0 Å². The van der Waals surface area contributed by atoms with Crippen molar-refractivity contribution in [2.45, 2.75) is 25.0 Å². The zero-order valence-electron chi connectivity index (χ0n) is 10.7. The zero-order chi connectivity index (χ0) is 12.9. The van der Waals surface area contributed by atoms with E-state index in [2.05, 4.69) is 39.6 Å². The van der Waals surface area contributed by atoms with Gasteiger partial charge in [-0.1, -0.05) is 30.3 Å². The molecule has 2 aromatic rings. The molecular weight excluding hydrogens is 238 g/mol. The summed E-state index contributed by atoms with van der Waals surface area (Å²) in [4.78, 5) is 8.33. The van der Waals surface area contributed by atoms with Crippen LogP contribution in [0, 0.1) is 0 Å². The second-order valence-corrected chi connectivity index (χ2v) is 4.73. The van der Waals surface area contributed by atoms with Crippen LogP contribution in [0.2, 0.25) is 0 Å². The summed E-state index contributed by atoms with van der Waals surface area (Å²) in [5, 5.41) is 3.43. The Labute approximate surface area is 112 Å². The Balaban J connectivity index is 1.65. The minimum absolute atomic E-state index is 0.170. The number of nitrogens with zero attached hydrogens (tertiary/aromatic N) is 2. The van der Waals surface area contributed by atoms with Crippen LogP contribution in [0.25, 0.3) is 0 Å². The Kier molecular flexibility index (Phi) is 3.70. The molecule has 19 heavy (non-hydrogen) atoms. The smallest absolute Gasteiger partial charge is 0.144 e. The Morgan fingerprint density at radius 1 is 1.16 bits per heavy atom. The number of hydrogen-bond acceptors (Lipinski definition) is 4. The Morgan fingerprint density at radius 3 is 2.84 bits per heavy atom. The largest absolute Gasteiger partial charge is 0.373 e. The molecule has 0 aliphatic carbocycles. The maximum atomic E-state index is 5.86. The van der Waals surface area contributed by atoms with Crippen LogP contribution in [0.5, 0.6) is 0 Å². The van der Waals surface area contributed by atoms with E-state index in [-0.39, 0.29) is 6.10 Å². The second-order valence-electron chi connectivity index (χ2n) is 4.73. The molecule has 1 fully saturated rings. The summed E-state index contributed by atoms with van der Waals surface area (Å²) in [5.74, 6) is 0.834. The van der Waals surface area contributed by atoms with Gasteiger partial charge >= 0.3 is 0 Å². The first-order chi connectivity index (χ1) is 9.42. The van der Waals surface area contributed by atoms with Gasteiger partial charge in [-0.25, -0.2) is 4.98 Å². The van der Waals surface area contributed by atoms with E-state index < -0.39 is 0 Å². The van der Waals surface area contributed by atoms with Gasteiger partial charge in [-0.05, 0) is 18.4 Å². The van der Waals surface area contributed by atoms with Crippen LogP contribution in [0.4, 0.5) is 5.82 Å². The van der Waals surface area contributed by atoms with Crippen LogP contribution >= 0.6 is 0 Å². The molecule has 1 saturated heterocycles. The summed E-state index contributed by atoms with van der Waals surface area (Å²) in [7, 11) is 0. The van der Waals surface area contributed by atoms with Crippen molar-refractivity contribution in [3.63, 3.8) is 0 Å². The van der Waals surface area contributed by atoms with Crippen molar-refractivity contribution in [3.05, 3.63) is 54.5 Å². The molecule has 1 aromatic carbocycles. The molecule has 0 bridgehead atoms. The predicted molar refractivity (Wildman–Crippen MR) is 73.8 cm³/mol. The van der Waals surface area contributed by atoms with Gasteiger partial charge in [0.25, 0.3) is 0 Å². The maximum absolute atomic E-state index is 5.86. The maximum Gasteiger partial charge on any atom is 0.144 e. The van der Waals surface area contributed by atoms with E-state index in [0.29, 0.717) is 6.04 Å². The summed E-state index contributed by atoms with van der Waals surface area (Å²) in [6, 6.07) is 10.8. The first-order valence-electron chi connectivity index (χ1n) is 6.61. The topological polar surface area (TPSA) is 47.0 Å². The first kappa shape index (κ1) is 12.1. The molecule has 0 spiro atoms. The van der Waals surface area contributed by atoms with Crippen molar-refractivity contribution in [1.82, 2.24) is 9.97 Å². The van der Waals surface area contributed by atoms with Gasteiger partial charge in [0.2, 0.25) is 0 Å². The number of hydrogen-bond donors (Lipinski definition) is 1. The lowest BCUT2D eigenvalue weighted by atomic mass is 9.97. The Hall–Kier alpha value is -1.94. The quantitative estimate of drug-likeness (QED) is 0.916. The van der Waals surface area contributed by atoms with E-state index >= 15 is 0 Å². The number of anilines is 1. The Bertz CT molecular complexity index is 503. The summed E-state index contributed by atoms with van der Waals surface area (Å²) in [6.07, 6.45) is 7.27. The zero-order valence-corrected chi connectivity index (χ0v) is 10.7. The molecule has 2 unspecified atom stereocenters. The van der Waals surface area contributed by atoms with Crippen molar-refractivity contribution in [2.24, 2.45) is 0 Å². The van der Waals surface area contributed by atoms with E-state index in [9.17, 15) is 0 Å². The van der Waals surface area contributed by atoms with Crippen molar-refractivity contribution in [3.8, 4) is 0 Å². The Morgan fingerprint density at radius 2 is 2.05 bits per heavy atom. The first-order valence-corrected chi connectivity index (χ1v) is 6.61. The van der Waals surface area contributed by atoms with Crippen molar-refractivity contribution in [2.75, 3.05) is 11.9 Å². The molecule has 1 aromatic heterocycles. The van der Waals surface area contributed by atoms with Gasteiger partial charge in [-0.3, -0.25) is 4.98 Å². The van der Waals surface area contributed by atoms with E-state index in [0.717, 1.165) is 25.3 Å². The molecular formula is C15H17N3O. The summed E-state index contributed by atoms with van der Waals surface area (Å²) in [6.45, 7) is 0.775. The van der Waals surface area contributed by atoms with Crippen LogP contribution in [-0.4, -0.2) is 22.6 Å².